The minimum absolute atomic E-state index is 0.0746. The highest BCUT2D eigenvalue weighted by atomic mass is 19.1. The van der Waals surface area contributed by atoms with Gasteiger partial charge in [-0.05, 0) is 73.3 Å². The second kappa shape index (κ2) is 9.34. The van der Waals surface area contributed by atoms with Gasteiger partial charge in [0.1, 0.15) is 11.5 Å². The van der Waals surface area contributed by atoms with Gasteiger partial charge in [-0.3, -0.25) is 9.78 Å². The molecule has 2 saturated carbocycles. The van der Waals surface area contributed by atoms with Crippen molar-refractivity contribution >= 4 is 5.78 Å². The average Bonchev–Trinajstić information content (AvgIpc) is 2.74. The zero-order valence-corrected chi connectivity index (χ0v) is 17.8. The predicted octanol–water partition coefficient (Wildman–Crippen LogP) is 5.32. The summed E-state index contributed by atoms with van der Waals surface area (Å²) in [6.07, 6.45) is 12.2. The summed E-state index contributed by atoms with van der Waals surface area (Å²) in [5.41, 5.74) is 9.22. The Bertz CT molecular complexity index is 884. The molecule has 4 nitrogen and oxygen atoms in total. The number of carbonyl (C=O) groups is 1. The fourth-order valence-corrected chi connectivity index (χ4v) is 5.43. The highest BCUT2D eigenvalue weighted by Crippen LogP contribution is 2.37. The van der Waals surface area contributed by atoms with Crippen LogP contribution < -0.4 is 5.73 Å². The van der Waals surface area contributed by atoms with Crippen molar-refractivity contribution in [2.24, 2.45) is 11.7 Å². The number of carbonyl (C=O) groups excluding carboxylic acids is 1. The lowest BCUT2D eigenvalue weighted by molar-refractivity contribution is 0.0987. The molecule has 0 amide bonds. The smallest absolute Gasteiger partial charge is 0.185 e. The summed E-state index contributed by atoms with van der Waals surface area (Å²) in [5.74, 6) is 0.701. The molecule has 2 aromatic rings. The van der Waals surface area contributed by atoms with E-state index in [1.54, 1.807) is 12.4 Å². The molecule has 0 aromatic carbocycles. The predicted molar refractivity (Wildman–Crippen MR) is 116 cm³/mol. The lowest BCUT2D eigenvalue weighted by Gasteiger charge is -2.32. The lowest BCUT2D eigenvalue weighted by Crippen LogP contribution is -2.31. The van der Waals surface area contributed by atoms with E-state index < -0.39 is 0 Å². The van der Waals surface area contributed by atoms with Gasteiger partial charge in [0.05, 0.1) is 5.69 Å². The first-order valence-electron chi connectivity index (χ1n) is 11.4. The largest absolute Gasteiger partial charge is 0.328 e. The highest BCUT2D eigenvalue weighted by Gasteiger charge is 2.28. The number of Topliss-reactive ketones (excluding diaryl/α,β-unsaturated/α-hetero) is 1. The number of hydrogen-bond acceptors (Lipinski definition) is 4. The quantitative estimate of drug-likeness (QED) is 0.679. The van der Waals surface area contributed by atoms with Crippen LogP contribution in [0.3, 0.4) is 0 Å². The van der Waals surface area contributed by atoms with Crippen LogP contribution in [0.1, 0.15) is 97.4 Å². The maximum atomic E-state index is 14.4. The number of pyridine rings is 2. The van der Waals surface area contributed by atoms with Crippen LogP contribution in [-0.4, -0.2) is 21.8 Å². The van der Waals surface area contributed by atoms with Gasteiger partial charge in [-0.2, -0.15) is 0 Å². The third-order valence-electron chi connectivity index (χ3n) is 6.86. The van der Waals surface area contributed by atoms with Crippen LogP contribution in [0, 0.1) is 11.7 Å². The zero-order chi connectivity index (χ0) is 21.1. The molecule has 30 heavy (non-hydrogen) atoms. The SMILES string of the molecule is C[C@@H]1C[C@H](N)C[C@H](c2ccncc2CC(=O)c2ccc(F)c(C3CCCCC3)n2)C1. The minimum Gasteiger partial charge on any atom is -0.328 e. The van der Waals surface area contributed by atoms with Gasteiger partial charge in [0.2, 0.25) is 0 Å². The second-order valence-corrected chi connectivity index (χ2v) is 9.34. The Labute approximate surface area is 178 Å². The maximum absolute atomic E-state index is 14.4. The zero-order valence-electron chi connectivity index (χ0n) is 17.8. The first kappa shape index (κ1) is 21.1. The van der Waals surface area contributed by atoms with Gasteiger partial charge < -0.3 is 5.73 Å². The van der Waals surface area contributed by atoms with E-state index in [-0.39, 0.29) is 30.0 Å². The highest BCUT2D eigenvalue weighted by molar-refractivity contribution is 5.96. The normalized spacial score (nSPS) is 25.2. The lowest BCUT2D eigenvalue weighted by atomic mass is 9.75. The molecule has 0 aliphatic heterocycles. The number of aromatic nitrogens is 2. The summed E-state index contributed by atoms with van der Waals surface area (Å²) in [7, 11) is 0. The molecule has 2 fully saturated rings. The molecule has 160 valence electrons. The van der Waals surface area contributed by atoms with Crippen molar-refractivity contribution in [3.8, 4) is 0 Å². The second-order valence-electron chi connectivity index (χ2n) is 9.34. The first-order chi connectivity index (χ1) is 14.5. The molecule has 5 heteroatoms. The van der Waals surface area contributed by atoms with Crippen molar-refractivity contribution < 1.29 is 9.18 Å². The third-order valence-corrected chi connectivity index (χ3v) is 6.86. The molecule has 0 saturated heterocycles. The molecule has 2 aromatic heterocycles. The molecule has 0 spiro atoms. The van der Waals surface area contributed by atoms with Gasteiger partial charge in [0.15, 0.2) is 5.78 Å². The summed E-state index contributed by atoms with van der Waals surface area (Å²) in [6, 6.07) is 5.17. The molecule has 2 aliphatic carbocycles. The number of nitrogens with zero attached hydrogens (tertiary/aromatic N) is 2. The van der Waals surface area contributed by atoms with Gasteiger partial charge in [0, 0.05) is 30.8 Å². The summed E-state index contributed by atoms with van der Waals surface area (Å²) in [6.45, 7) is 2.24. The average molecular weight is 410 g/mol. The van der Waals surface area contributed by atoms with Crippen LogP contribution in [0.5, 0.6) is 0 Å². The van der Waals surface area contributed by atoms with E-state index in [1.165, 1.54) is 24.1 Å². The van der Waals surface area contributed by atoms with Crippen LogP contribution >= 0.6 is 0 Å². The molecule has 2 aliphatic rings. The maximum Gasteiger partial charge on any atom is 0.185 e. The van der Waals surface area contributed by atoms with Gasteiger partial charge in [-0.25, -0.2) is 9.37 Å². The van der Waals surface area contributed by atoms with Gasteiger partial charge in [0.25, 0.3) is 0 Å². The molecule has 2 N–H and O–H groups in total. The van der Waals surface area contributed by atoms with Crippen LogP contribution in [0.4, 0.5) is 4.39 Å². The number of rotatable bonds is 5. The Kier molecular flexibility index (Phi) is 6.57. The molecule has 3 atom stereocenters. The Morgan fingerprint density at radius 2 is 1.90 bits per heavy atom. The van der Waals surface area contributed by atoms with Crippen LogP contribution in [-0.2, 0) is 6.42 Å². The number of halogens is 1. The van der Waals surface area contributed by atoms with E-state index in [0.717, 1.165) is 50.5 Å². The molecular formula is C25H32FN3O. The standard InChI is InChI=1S/C25H32FN3O/c1-16-11-18(13-20(27)12-16)21-9-10-28-15-19(21)14-24(30)23-8-7-22(26)25(29-23)17-5-3-2-4-6-17/h7-10,15-18,20H,2-6,11-14,27H2,1H3/t16-,18+,20-/m0/s1. The van der Waals surface area contributed by atoms with E-state index in [0.29, 0.717) is 23.2 Å². The summed E-state index contributed by atoms with van der Waals surface area (Å²) in [4.78, 5) is 21.8. The molecule has 2 heterocycles. The van der Waals surface area contributed by atoms with Gasteiger partial charge in [-0.1, -0.05) is 26.2 Å². The molecule has 4 rings (SSSR count). The molecular weight excluding hydrogens is 377 g/mol. The Morgan fingerprint density at radius 1 is 1.10 bits per heavy atom. The van der Waals surface area contributed by atoms with Crippen LogP contribution in [0.25, 0.3) is 0 Å². The Morgan fingerprint density at radius 3 is 2.67 bits per heavy atom. The molecule has 0 unspecified atom stereocenters. The number of nitrogens with two attached hydrogens (primary N) is 1. The summed E-state index contributed by atoms with van der Waals surface area (Å²) < 4.78 is 14.4. The van der Waals surface area contributed by atoms with E-state index in [9.17, 15) is 9.18 Å². The monoisotopic (exact) mass is 409 g/mol. The van der Waals surface area contributed by atoms with Gasteiger partial charge in [-0.15, -0.1) is 0 Å². The van der Waals surface area contributed by atoms with Crippen LogP contribution in [0.2, 0.25) is 0 Å². The minimum atomic E-state index is -0.286. The van der Waals surface area contributed by atoms with E-state index >= 15 is 0 Å². The van der Waals surface area contributed by atoms with Crippen molar-refractivity contribution in [1.29, 1.82) is 0 Å². The Hall–Kier alpha value is -2.14. The van der Waals surface area contributed by atoms with E-state index in [4.69, 9.17) is 5.73 Å². The topological polar surface area (TPSA) is 68.9 Å². The Balaban J connectivity index is 1.55. The summed E-state index contributed by atoms with van der Waals surface area (Å²) in [5, 5.41) is 0. The summed E-state index contributed by atoms with van der Waals surface area (Å²) >= 11 is 0. The van der Waals surface area contributed by atoms with Crippen molar-refractivity contribution in [2.75, 3.05) is 0 Å². The van der Waals surface area contributed by atoms with Crippen molar-refractivity contribution in [3.05, 3.63) is 58.9 Å². The number of hydrogen-bond donors (Lipinski definition) is 1. The fraction of sp³-hybridized carbons (Fsp3) is 0.560. The van der Waals surface area contributed by atoms with Crippen molar-refractivity contribution in [3.63, 3.8) is 0 Å². The third kappa shape index (κ3) is 4.77. The van der Waals surface area contributed by atoms with E-state index in [2.05, 4.69) is 16.9 Å². The van der Waals surface area contributed by atoms with E-state index in [1.807, 2.05) is 6.07 Å². The van der Waals surface area contributed by atoms with Gasteiger partial charge >= 0.3 is 0 Å². The van der Waals surface area contributed by atoms with Crippen LogP contribution in [0.15, 0.2) is 30.6 Å². The molecule has 0 bridgehead atoms. The number of ketones is 1. The van der Waals surface area contributed by atoms with Crippen molar-refractivity contribution in [2.45, 2.75) is 82.6 Å². The van der Waals surface area contributed by atoms with Crippen molar-refractivity contribution in [1.82, 2.24) is 9.97 Å². The first-order valence-corrected chi connectivity index (χ1v) is 11.4. The fourth-order valence-electron chi connectivity index (χ4n) is 5.43. The molecule has 0 radical (unpaired) electrons.